The highest BCUT2D eigenvalue weighted by atomic mass is 19.1. The van der Waals surface area contributed by atoms with Crippen LogP contribution in [0.5, 0.6) is 0 Å². The van der Waals surface area contributed by atoms with Crippen LogP contribution in [0.4, 0.5) is 25.0 Å². The number of carbonyl (C=O) groups is 4. The molecule has 1 aromatic carbocycles. The molecule has 1 atom stereocenters. The van der Waals surface area contributed by atoms with Crippen LogP contribution in [0.2, 0.25) is 0 Å². The summed E-state index contributed by atoms with van der Waals surface area (Å²) in [7, 11) is 1.26. The molecule has 0 spiro atoms. The lowest BCUT2D eigenvalue weighted by molar-refractivity contribution is -0.141. The predicted octanol–water partition coefficient (Wildman–Crippen LogP) is 2.10. The summed E-state index contributed by atoms with van der Waals surface area (Å²) >= 11 is 0. The zero-order chi connectivity index (χ0) is 30.7. The Hall–Kier alpha value is -4.82. The summed E-state index contributed by atoms with van der Waals surface area (Å²) in [6.07, 6.45) is 5.26. The van der Waals surface area contributed by atoms with Gasteiger partial charge in [-0.15, -0.1) is 0 Å². The van der Waals surface area contributed by atoms with Gasteiger partial charge in [0.2, 0.25) is 5.91 Å². The molecule has 0 unspecified atom stereocenters. The fourth-order valence-electron chi connectivity index (χ4n) is 5.15. The van der Waals surface area contributed by atoms with Crippen LogP contribution in [0.25, 0.3) is 5.65 Å². The molecule has 0 saturated carbocycles. The summed E-state index contributed by atoms with van der Waals surface area (Å²) in [5, 5.41) is 0. The van der Waals surface area contributed by atoms with Crippen molar-refractivity contribution in [2.24, 2.45) is 0 Å². The van der Waals surface area contributed by atoms with Crippen molar-refractivity contribution in [1.82, 2.24) is 24.2 Å². The minimum Gasteiger partial charge on any atom is -0.469 e. The molecule has 2 saturated heterocycles. The number of rotatable bonds is 9. The van der Waals surface area contributed by atoms with Crippen molar-refractivity contribution in [2.75, 3.05) is 62.7 Å². The number of ether oxygens (including phenoxy) is 2. The Morgan fingerprint density at radius 3 is 2.51 bits per heavy atom. The Balaban J connectivity index is 1.18. The highest BCUT2D eigenvalue weighted by molar-refractivity contribution is 5.95. The first-order valence-corrected chi connectivity index (χ1v) is 13.8. The number of cyclic esters (lactones) is 1. The van der Waals surface area contributed by atoms with Crippen LogP contribution in [-0.4, -0.2) is 107 Å². The molecule has 0 bridgehead atoms. The molecular formula is C28H31F2N7O6. The number of carbonyl (C=O) groups excluding carboxylic acids is 4. The topological polar surface area (TPSA) is 130 Å². The highest BCUT2D eigenvalue weighted by Crippen LogP contribution is 2.32. The van der Waals surface area contributed by atoms with Gasteiger partial charge in [-0.3, -0.25) is 24.3 Å². The van der Waals surface area contributed by atoms with Gasteiger partial charge < -0.3 is 28.6 Å². The highest BCUT2D eigenvalue weighted by Gasteiger charge is 2.34. The van der Waals surface area contributed by atoms with Crippen LogP contribution in [0, 0.1) is 11.6 Å². The monoisotopic (exact) mass is 599 g/mol. The summed E-state index contributed by atoms with van der Waals surface area (Å²) in [5.74, 6) is -2.84. The number of fused-ring (bicyclic) bond motifs is 1. The van der Waals surface area contributed by atoms with E-state index in [9.17, 15) is 19.2 Å². The lowest BCUT2D eigenvalue weighted by Gasteiger charge is -2.37. The number of nitrogens with zero attached hydrogens (tertiary/aromatic N) is 7. The maximum atomic E-state index is 15.2. The predicted molar refractivity (Wildman–Crippen MR) is 149 cm³/mol. The van der Waals surface area contributed by atoms with Crippen molar-refractivity contribution in [2.45, 2.75) is 25.9 Å². The molecule has 2 fully saturated rings. The van der Waals surface area contributed by atoms with Crippen LogP contribution >= 0.6 is 0 Å². The number of halogens is 2. The van der Waals surface area contributed by atoms with E-state index < -0.39 is 29.8 Å². The number of imidazole rings is 1. The van der Waals surface area contributed by atoms with Crippen LogP contribution < -0.4 is 9.80 Å². The lowest BCUT2D eigenvalue weighted by Crippen LogP contribution is -2.52. The zero-order valence-electron chi connectivity index (χ0n) is 23.7. The number of likely N-dealkylation sites (N-methyl/N-ethyl adjacent to an activating group) is 1. The molecule has 43 heavy (non-hydrogen) atoms. The van der Waals surface area contributed by atoms with Gasteiger partial charge in [-0.1, -0.05) is 0 Å². The van der Waals surface area contributed by atoms with Crippen molar-refractivity contribution in [3.63, 3.8) is 0 Å². The molecule has 2 aliphatic heterocycles. The standard InChI is InChI=1S/C28H31F2N7O6/c1-3-33(27(40)22-16-36-7-6-31-14-23(36)32-22)17-24(38)34-8-10-35(11-9-34)26-20(29)12-18(13-21(26)30)37-15-19(43-28(37)41)4-5-25(39)42-2/h6-7,12-14,16,19H,3-5,8-11,15,17H2,1-2H3/t19-/m0/s1. The smallest absolute Gasteiger partial charge is 0.414 e. The first kappa shape index (κ1) is 29.7. The third-order valence-corrected chi connectivity index (χ3v) is 7.51. The van der Waals surface area contributed by atoms with Gasteiger partial charge in [-0.05, 0) is 13.3 Å². The van der Waals surface area contributed by atoms with Crippen molar-refractivity contribution in [3.05, 3.63) is 54.2 Å². The SMILES string of the molecule is CCN(CC(=O)N1CCN(c2c(F)cc(N3C[C@H](CCC(=O)OC)OC3=O)cc2F)CC1)C(=O)c1cn2ccncc2n1. The minimum absolute atomic E-state index is 0.00401. The number of methoxy groups -OCH3 is 1. The van der Waals surface area contributed by atoms with Gasteiger partial charge in [0.05, 0.1) is 25.5 Å². The third-order valence-electron chi connectivity index (χ3n) is 7.51. The second-order valence-electron chi connectivity index (χ2n) is 10.1. The molecule has 2 aliphatic rings. The van der Waals surface area contributed by atoms with Crippen LogP contribution in [0.3, 0.4) is 0 Å². The zero-order valence-corrected chi connectivity index (χ0v) is 23.7. The van der Waals surface area contributed by atoms with E-state index in [0.29, 0.717) is 5.65 Å². The molecule has 3 amide bonds. The maximum absolute atomic E-state index is 15.2. The van der Waals surface area contributed by atoms with Crippen molar-refractivity contribution >= 4 is 40.9 Å². The number of piperazine rings is 1. The van der Waals surface area contributed by atoms with Gasteiger partial charge in [0, 0.05) is 69.9 Å². The van der Waals surface area contributed by atoms with Gasteiger partial charge >= 0.3 is 12.1 Å². The first-order valence-electron chi connectivity index (χ1n) is 13.8. The van der Waals surface area contributed by atoms with Gasteiger partial charge in [-0.2, -0.15) is 0 Å². The van der Waals surface area contributed by atoms with E-state index in [4.69, 9.17) is 4.74 Å². The number of amides is 3. The molecule has 0 aliphatic carbocycles. The molecule has 228 valence electrons. The van der Waals surface area contributed by atoms with Crippen molar-refractivity contribution in [3.8, 4) is 0 Å². The summed E-state index contributed by atoms with van der Waals surface area (Å²) in [4.78, 5) is 63.6. The Labute approximate surface area is 245 Å². The summed E-state index contributed by atoms with van der Waals surface area (Å²) in [6, 6.07) is 2.14. The molecule has 13 nitrogen and oxygen atoms in total. The second-order valence-corrected chi connectivity index (χ2v) is 10.1. The molecule has 5 rings (SSSR count). The maximum Gasteiger partial charge on any atom is 0.414 e. The number of anilines is 2. The number of benzene rings is 1. The molecule has 2 aromatic heterocycles. The van der Waals surface area contributed by atoms with E-state index in [1.54, 1.807) is 34.8 Å². The number of hydrogen-bond acceptors (Lipinski definition) is 9. The van der Waals surface area contributed by atoms with Crippen molar-refractivity contribution < 1.29 is 37.4 Å². The number of esters is 1. The van der Waals surface area contributed by atoms with Gasteiger partial charge in [0.15, 0.2) is 17.3 Å². The van der Waals surface area contributed by atoms with Gasteiger partial charge in [0.1, 0.15) is 24.0 Å². The first-order chi connectivity index (χ1) is 20.7. The Morgan fingerprint density at radius 1 is 1.14 bits per heavy atom. The molecule has 4 heterocycles. The molecule has 15 heteroatoms. The second kappa shape index (κ2) is 12.6. The average molecular weight is 600 g/mol. The van der Waals surface area contributed by atoms with E-state index in [1.165, 1.54) is 23.1 Å². The fraction of sp³-hybridized carbons (Fsp3) is 0.429. The van der Waals surface area contributed by atoms with E-state index in [-0.39, 0.29) is 87.5 Å². The van der Waals surface area contributed by atoms with E-state index in [0.717, 1.165) is 17.0 Å². The molecule has 0 N–H and O–H groups in total. The summed E-state index contributed by atoms with van der Waals surface area (Å²) in [6.45, 7) is 2.67. The minimum atomic E-state index is -0.856. The van der Waals surface area contributed by atoms with Crippen molar-refractivity contribution in [1.29, 1.82) is 0 Å². The number of hydrogen-bond donors (Lipinski definition) is 0. The largest absolute Gasteiger partial charge is 0.469 e. The quantitative estimate of drug-likeness (QED) is 0.340. The van der Waals surface area contributed by atoms with Crippen LogP contribution in [0.15, 0.2) is 36.9 Å². The average Bonchev–Trinajstić information content (AvgIpc) is 3.61. The third kappa shape index (κ3) is 6.34. The summed E-state index contributed by atoms with van der Waals surface area (Å²) in [5.41, 5.74) is 0.458. The molecular weight excluding hydrogens is 568 g/mol. The Bertz CT molecular complexity index is 1480. The van der Waals surface area contributed by atoms with Crippen LogP contribution in [-0.2, 0) is 19.1 Å². The normalized spacial score (nSPS) is 16.9. The van der Waals surface area contributed by atoms with Gasteiger partial charge in [0.25, 0.3) is 5.91 Å². The lowest BCUT2D eigenvalue weighted by atomic mass is 10.1. The Kier molecular flexibility index (Phi) is 8.68. The summed E-state index contributed by atoms with van der Waals surface area (Å²) < 4.78 is 41.9. The van der Waals surface area contributed by atoms with E-state index in [1.807, 2.05) is 0 Å². The van der Waals surface area contributed by atoms with E-state index in [2.05, 4.69) is 14.7 Å². The van der Waals surface area contributed by atoms with E-state index >= 15 is 8.78 Å². The Morgan fingerprint density at radius 2 is 1.86 bits per heavy atom. The van der Waals surface area contributed by atoms with Gasteiger partial charge in [-0.25, -0.2) is 18.6 Å². The van der Waals surface area contributed by atoms with Crippen LogP contribution in [0.1, 0.15) is 30.3 Å². The number of aromatic nitrogens is 3. The molecule has 3 aromatic rings. The molecule has 0 radical (unpaired) electrons. The fourth-order valence-corrected chi connectivity index (χ4v) is 5.15.